The van der Waals surface area contributed by atoms with E-state index in [1.165, 1.54) is 0 Å². The monoisotopic (exact) mass is 333 g/mol. The normalized spacial score (nSPS) is 10.2. The van der Waals surface area contributed by atoms with E-state index in [2.05, 4.69) is 21.4 Å². The maximum atomic E-state index is 12.3. The molecule has 0 fully saturated rings. The number of nitrogens with one attached hydrogen (secondary N) is 1. The highest BCUT2D eigenvalue weighted by molar-refractivity contribution is 9.10. The van der Waals surface area contributed by atoms with Gasteiger partial charge >= 0.3 is 0 Å². The second-order valence-electron chi connectivity index (χ2n) is 4.51. The summed E-state index contributed by atoms with van der Waals surface area (Å²) < 4.78 is 1.01. The fraction of sp³-hybridized carbons (Fsp3) is 0.133. The Bertz CT molecular complexity index is 598. The Kier molecular flexibility index (Phi) is 4.76. The van der Waals surface area contributed by atoms with Crippen LogP contribution in [0.5, 0.6) is 0 Å². The molecule has 2 aromatic rings. The number of carbonyl (C=O) groups excluding carboxylic acids is 1. The zero-order valence-corrected chi connectivity index (χ0v) is 12.7. The van der Waals surface area contributed by atoms with Gasteiger partial charge in [0.2, 0.25) is 0 Å². The number of nitrogen functional groups attached to an aromatic ring is 1. The van der Waals surface area contributed by atoms with Gasteiger partial charge in [-0.2, -0.15) is 0 Å². The van der Waals surface area contributed by atoms with Gasteiger partial charge in [-0.25, -0.2) is 0 Å². The molecule has 104 valence electrons. The molecule has 0 unspecified atom stereocenters. The lowest BCUT2D eigenvalue weighted by molar-refractivity contribution is 0.0785. The first-order valence-electron chi connectivity index (χ1n) is 6.17. The molecular formula is C15H16BrN3O. The Morgan fingerprint density at radius 1 is 1.25 bits per heavy atom. The van der Waals surface area contributed by atoms with Crippen LogP contribution in [0.3, 0.4) is 0 Å². The van der Waals surface area contributed by atoms with E-state index in [0.717, 1.165) is 15.7 Å². The average molecular weight is 334 g/mol. The van der Waals surface area contributed by atoms with Gasteiger partial charge in [-0.15, -0.1) is 0 Å². The van der Waals surface area contributed by atoms with Gasteiger partial charge in [-0.05, 0) is 42.0 Å². The highest BCUT2D eigenvalue weighted by Crippen LogP contribution is 2.15. The fourth-order valence-corrected chi connectivity index (χ4v) is 2.36. The highest BCUT2D eigenvalue weighted by Gasteiger charge is 2.11. The number of nitrogens with two attached hydrogens (primary N) is 1. The van der Waals surface area contributed by atoms with E-state index in [0.29, 0.717) is 12.1 Å². The van der Waals surface area contributed by atoms with Crippen LogP contribution in [0.15, 0.2) is 53.0 Å². The standard InChI is InChI=1S/C15H16BrN3O/c1-19(10-11-3-2-4-13(16)9-11)15(20)12-5-7-14(18-17)8-6-12/h2-9,18H,10,17H2,1H3. The van der Waals surface area contributed by atoms with Gasteiger partial charge in [0, 0.05) is 29.3 Å². The first-order chi connectivity index (χ1) is 9.60. The lowest BCUT2D eigenvalue weighted by Gasteiger charge is -2.17. The maximum absolute atomic E-state index is 12.3. The summed E-state index contributed by atoms with van der Waals surface area (Å²) in [7, 11) is 1.79. The molecule has 4 nitrogen and oxygen atoms in total. The first-order valence-corrected chi connectivity index (χ1v) is 6.96. The van der Waals surface area contributed by atoms with Crippen molar-refractivity contribution in [2.75, 3.05) is 12.5 Å². The number of hydrogen-bond acceptors (Lipinski definition) is 3. The summed E-state index contributed by atoms with van der Waals surface area (Å²) in [5.41, 5.74) is 5.03. The Balaban J connectivity index is 2.07. The summed E-state index contributed by atoms with van der Waals surface area (Å²) in [4.78, 5) is 14.0. The Labute approximate surface area is 126 Å². The van der Waals surface area contributed by atoms with Crippen molar-refractivity contribution in [2.45, 2.75) is 6.54 Å². The topological polar surface area (TPSA) is 58.4 Å². The summed E-state index contributed by atoms with van der Waals surface area (Å²) in [6.07, 6.45) is 0. The summed E-state index contributed by atoms with van der Waals surface area (Å²) in [5.74, 6) is 5.28. The summed E-state index contributed by atoms with van der Waals surface area (Å²) >= 11 is 3.43. The van der Waals surface area contributed by atoms with E-state index in [4.69, 9.17) is 5.84 Å². The van der Waals surface area contributed by atoms with Gasteiger partial charge in [0.25, 0.3) is 5.91 Å². The Morgan fingerprint density at radius 2 is 1.95 bits per heavy atom. The first kappa shape index (κ1) is 14.6. The summed E-state index contributed by atoms with van der Waals surface area (Å²) in [6.45, 7) is 0.565. The lowest BCUT2D eigenvalue weighted by atomic mass is 10.1. The third kappa shape index (κ3) is 3.59. The van der Waals surface area contributed by atoms with Crippen LogP contribution in [0.25, 0.3) is 0 Å². The molecule has 0 saturated heterocycles. The number of rotatable bonds is 4. The van der Waals surface area contributed by atoms with Crippen molar-refractivity contribution in [3.05, 3.63) is 64.1 Å². The van der Waals surface area contributed by atoms with Crippen molar-refractivity contribution in [2.24, 2.45) is 5.84 Å². The van der Waals surface area contributed by atoms with Crippen LogP contribution in [-0.4, -0.2) is 17.9 Å². The molecule has 1 amide bonds. The van der Waals surface area contributed by atoms with E-state index < -0.39 is 0 Å². The molecule has 0 aromatic heterocycles. The van der Waals surface area contributed by atoms with Gasteiger partial charge < -0.3 is 10.3 Å². The summed E-state index contributed by atoms with van der Waals surface area (Å²) in [6, 6.07) is 15.0. The van der Waals surface area contributed by atoms with Gasteiger partial charge in [0.1, 0.15) is 0 Å². The minimum atomic E-state index is -0.0199. The molecule has 0 heterocycles. The largest absolute Gasteiger partial charge is 0.337 e. The molecule has 0 aliphatic carbocycles. The highest BCUT2D eigenvalue weighted by atomic mass is 79.9. The summed E-state index contributed by atoms with van der Waals surface area (Å²) in [5, 5.41) is 0. The number of hydrogen-bond donors (Lipinski definition) is 2. The van der Waals surface area contributed by atoms with Crippen molar-refractivity contribution in [3.8, 4) is 0 Å². The van der Waals surface area contributed by atoms with E-state index in [9.17, 15) is 4.79 Å². The zero-order chi connectivity index (χ0) is 14.5. The average Bonchev–Trinajstić information content (AvgIpc) is 2.46. The number of anilines is 1. The quantitative estimate of drug-likeness (QED) is 0.668. The molecule has 0 bridgehead atoms. The molecule has 0 aliphatic heterocycles. The molecule has 0 aliphatic rings. The number of carbonyl (C=O) groups is 1. The molecule has 0 saturated carbocycles. The third-order valence-corrected chi connectivity index (χ3v) is 3.45. The Hall–Kier alpha value is -1.85. The second kappa shape index (κ2) is 6.54. The van der Waals surface area contributed by atoms with Crippen LogP contribution in [0.4, 0.5) is 5.69 Å². The van der Waals surface area contributed by atoms with Crippen molar-refractivity contribution < 1.29 is 4.79 Å². The predicted molar refractivity (Wildman–Crippen MR) is 84.2 cm³/mol. The molecule has 2 aromatic carbocycles. The molecular weight excluding hydrogens is 318 g/mol. The van der Waals surface area contributed by atoms with Gasteiger partial charge in [-0.1, -0.05) is 28.1 Å². The zero-order valence-electron chi connectivity index (χ0n) is 11.1. The van der Waals surface area contributed by atoms with E-state index in [-0.39, 0.29) is 5.91 Å². The molecule has 0 radical (unpaired) electrons. The van der Waals surface area contributed by atoms with E-state index in [1.54, 1.807) is 36.2 Å². The van der Waals surface area contributed by atoms with Gasteiger partial charge in [0.05, 0.1) is 0 Å². The van der Waals surface area contributed by atoms with Crippen LogP contribution in [0.2, 0.25) is 0 Å². The number of benzene rings is 2. The third-order valence-electron chi connectivity index (χ3n) is 2.95. The molecule has 3 N–H and O–H groups in total. The number of halogens is 1. The van der Waals surface area contributed by atoms with Crippen LogP contribution < -0.4 is 11.3 Å². The van der Waals surface area contributed by atoms with Gasteiger partial charge in [0.15, 0.2) is 0 Å². The number of amides is 1. The Morgan fingerprint density at radius 3 is 2.55 bits per heavy atom. The fourth-order valence-electron chi connectivity index (χ4n) is 1.91. The van der Waals surface area contributed by atoms with Crippen LogP contribution >= 0.6 is 15.9 Å². The van der Waals surface area contributed by atoms with Crippen molar-refractivity contribution in [1.82, 2.24) is 4.90 Å². The molecule has 0 spiro atoms. The van der Waals surface area contributed by atoms with Crippen molar-refractivity contribution in [3.63, 3.8) is 0 Å². The molecule has 20 heavy (non-hydrogen) atoms. The van der Waals surface area contributed by atoms with Crippen LogP contribution in [0.1, 0.15) is 15.9 Å². The van der Waals surface area contributed by atoms with E-state index in [1.807, 2.05) is 24.3 Å². The second-order valence-corrected chi connectivity index (χ2v) is 5.43. The van der Waals surface area contributed by atoms with E-state index >= 15 is 0 Å². The molecule has 0 atom stereocenters. The lowest BCUT2D eigenvalue weighted by Crippen LogP contribution is -2.26. The minimum Gasteiger partial charge on any atom is -0.337 e. The van der Waals surface area contributed by atoms with Crippen LogP contribution in [0, 0.1) is 0 Å². The van der Waals surface area contributed by atoms with Crippen molar-refractivity contribution in [1.29, 1.82) is 0 Å². The van der Waals surface area contributed by atoms with Crippen molar-refractivity contribution >= 4 is 27.5 Å². The SMILES string of the molecule is CN(Cc1cccc(Br)c1)C(=O)c1ccc(NN)cc1. The number of nitrogens with zero attached hydrogens (tertiary/aromatic N) is 1. The predicted octanol–water partition coefficient (Wildman–Crippen LogP) is 3.01. The number of hydrazine groups is 1. The van der Waals surface area contributed by atoms with Gasteiger partial charge in [-0.3, -0.25) is 10.6 Å². The molecule has 2 rings (SSSR count). The molecule has 5 heteroatoms. The smallest absolute Gasteiger partial charge is 0.253 e. The van der Waals surface area contributed by atoms with Crippen LogP contribution in [-0.2, 0) is 6.54 Å². The maximum Gasteiger partial charge on any atom is 0.253 e. The minimum absolute atomic E-state index is 0.0199.